The molecule has 1 aromatic carbocycles. The zero-order valence-electron chi connectivity index (χ0n) is 15.3. The molecule has 0 unspecified atom stereocenters. The van der Waals surface area contributed by atoms with Crippen molar-refractivity contribution in [1.82, 2.24) is 9.62 Å². The Balaban J connectivity index is 1.74. The predicted octanol–water partition coefficient (Wildman–Crippen LogP) is 2.68. The van der Waals surface area contributed by atoms with E-state index in [1.54, 1.807) is 31.3 Å². The summed E-state index contributed by atoms with van der Waals surface area (Å²) in [6.07, 6.45) is 3.69. The van der Waals surface area contributed by atoms with Crippen LogP contribution in [-0.4, -0.2) is 51.2 Å². The van der Waals surface area contributed by atoms with Crippen LogP contribution in [0.5, 0.6) is 5.75 Å². The Labute approximate surface area is 160 Å². The number of rotatable bonds is 8. The summed E-state index contributed by atoms with van der Waals surface area (Å²) >= 11 is 5.88. The third kappa shape index (κ3) is 7.13. The van der Waals surface area contributed by atoms with E-state index >= 15 is 0 Å². The summed E-state index contributed by atoms with van der Waals surface area (Å²) < 4.78 is 32.6. The average Bonchev–Trinajstić information content (AvgIpc) is 2.56. The molecule has 8 heteroatoms. The van der Waals surface area contributed by atoms with Gasteiger partial charge in [0, 0.05) is 18.1 Å². The smallest absolute Gasteiger partial charge is 0.239 e. The molecule has 1 fully saturated rings. The third-order valence-electron chi connectivity index (χ3n) is 4.59. The number of hydrogen-bond acceptors (Lipinski definition) is 4. The molecule has 146 valence electrons. The number of nitrogens with zero attached hydrogens (tertiary/aromatic N) is 1. The van der Waals surface area contributed by atoms with Crippen LogP contribution in [0.3, 0.4) is 0 Å². The van der Waals surface area contributed by atoms with E-state index in [9.17, 15) is 13.2 Å². The molecular weight excluding hydrogens is 376 g/mol. The first-order valence-electron chi connectivity index (χ1n) is 8.87. The minimum absolute atomic E-state index is 0.0551. The Hall–Kier alpha value is -1.31. The monoisotopic (exact) mass is 402 g/mol. The first-order valence-corrected chi connectivity index (χ1v) is 10.9. The van der Waals surface area contributed by atoms with E-state index < -0.39 is 21.7 Å². The number of carbonyl (C=O) groups is 1. The maximum Gasteiger partial charge on any atom is 0.239 e. The Bertz CT molecular complexity index is 703. The molecule has 1 saturated carbocycles. The lowest BCUT2D eigenvalue weighted by Crippen LogP contribution is -2.43. The van der Waals surface area contributed by atoms with Crippen LogP contribution >= 0.6 is 11.6 Å². The van der Waals surface area contributed by atoms with Gasteiger partial charge in [0.2, 0.25) is 15.9 Å². The zero-order valence-corrected chi connectivity index (χ0v) is 16.9. The number of amides is 1. The maximum atomic E-state index is 12.2. The van der Waals surface area contributed by atoms with E-state index in [-0.39, 0.29) is 12.6 Å². The van der Waals surface area contributed by atoms with Crippen LogP contribution in [0.4, 0.5) is 0 Å². The number of benzene rings is 1. The van der Waals surface area contributed by atoms with Gasteiger partial charge >= 0.3 is 0 Å². The molecule has 0 aliphatic heterocycles. The highest BCUT2D eigenvalue weighted by molar-refractivity contribution is 7.90. The fraction of sp³-hybridized carbons (Fsp3) is 0.611. The average molecular weight is 403 g/mol. The summed E-state index contributed by atoms with van der Waals surface area (Å²) in [4.78, 5) is 13.5. The minimum Gasteiger partial charge on any atom is -0.492 e. The number of ether oxygens (including phenoxy) is 1. The highest BCUT2D eigenvalue weighted by Gasteiger charge is 2.25. The molecule has 1 aliphatic carbocycles. The molecular formula is C18H27ClN2O4S. The number of halogens is 1. The first-order chi connectivity index (χ1) is 12.2. The van der Waals surface area contributed by atoms with E-state index in [4.69, 9.17) is 16.3 Å². The van der Waals surface area contributed by atoms with E-state index in [1.807, 2.05) is 0 Å². The van der Waals surface area contributed by atoms with Crippen molar-refractivity contribution in [3.63, 3.8) is 0 Å². The molecule has 1 N–H and O–H groups in total. The van der Waals surface area contributed by atoms with E-state index in [0.29, 0.717) is 23.2 Å². The van der Waals surface area contributed by atoms with Gasteiger partial charge in [-0.3, -0.25) is 4.79 Å². The fourth-order valence-corrected chi connectivity index (χ4v) is 4.48. The van der Waals surface area contributed by atoms with Gasteiger partial charge in [-0.2, -0.15) is 0 Å². The van der Waals surface area contributed by atoms with Gasteiger partial charge in [0.1, 0.15) is 18.1 Å². The summed E-state index contributed by atoms with van der Waals surface area (Å²) in [6.45, 7) is 2.73. The number of carbonyl (C=O) groups excluding carboxylic acids is 1. The van der Waals surface area contributed by atoms with Crippen molar-refractivity contribution in [3.8, 4) is 5.75 Å². The van der Waals surface area contributed by atoms with Crippen molar-refractivity contribution >= 4 is 27.5 Å². The van der Waals surface area contributed by atoms with Gasteiger partial charge in [-0.1, -0.05) is 24.6 Å². The Kier molecular flexibility index (Phi) is 7.73. The van der Waals surface area contributed by atoms with Crippen molar-refractivity contribution in [2.45, 2.75) is 38.6 Å². The standard InChI is InChI=1S/C18H27ClN2O4S/c1-14-6-8-16(9-7-14)20-26(23,24)13-18(22)21(2)10-11-25-17-5-3-4-15(19)12-17/h3-5,12,14,16,20H,6-11,13H2,1-2H3. The highest BCUT2D eigenvalue weighted by atomic mass is 35.5. The molecule has 0 aromatic heterocycles. The lowest BCUT2D eigenvalue weighted by Gasteiger charge is -2.27. The molecule has 2 rings (SSSR count). The van der Waals surface area contributed by atoms with Crippen LogP contribution in [0.1, 0.15) is 32.6 Å². The molecule has 1 amide bonds. The molecule has 6 nitrogen and oxygen atoms in total. The van der Waals surface area contributed by atoms with Gasteiger partial charge in [0.05, 0.1) is 6.54 Å². The Morgan fingerprint density at radius 1 is 1.31 bits per heavy atom. The fourth-order valence-electron chi connectivity index (χ4n) is 2.93. The van der Waals surface area contributed by atoms with Gasteiger partial charge in [-0.25, -0.2) is 13.1 Å². The van der Waals surface area contributed by atoms with Gasteiger partial charge in [0.25, 0.3) is 0 Å². The minimum atomic E-state index is -3.63. The Morgan fingerprint density at radius 3 is 2.65 bits per heavy atom. The number of hydrogen-bond donors (Lipinski definition) is 1. The summed E-state index contributed by atoms with van der Waals surface area (Å²) in [5.41, 5.74) is 0. The van der Waals surface area contributed by atoms with Crippen LogP contribution in [0.25, 0.3) is 0 Å². The van der Waals surface area contributed by atoms with Crippen molar-refractivity contribution in [3.05, 3.63) is 29.3 Å². The van der Waals surface area contributed by atoms with Crippen molar-refractivity contribution in [1.29, 1.82) is 0 Å². The van der Waals surface area contributed by atoms with Gasteiger partial charge in [0.15, 0.2) is 0 Å². The first kappa shape index (κ1) is 21.0. The summed E-state index contributed by atoms with van der Waals surface area (Å²) in [7, 11) is -2.05. The third-order valence-corrected chi connectivity index (χ3v) is 6.15. The summed E-state index contributed by atoms with van der Waals surface area (Å²) in [5, 5.41) is 0.571. The lowest BCUT2D eigenvalue weighted by atomic mass is 9.88. The van der Waals surface area contributed by atoms with E-state index in [2.05, 4.69) is 11.6 Å². The molecule has 0 radical (unpaired) electrons. The Morgan fingerprint density at radius 2 is 2.00 bits per heavy atom. The van der Waals surface area contributed by atoms with Gasteiger partial charge < -0.3 is 9.64 Å². The second kappa shape index (κ2) is 9.58. The van der Waals surface area contributed by atoms with Gasteiger partial charge in [-0.15, -0.1) is 0 Å². The van der Waals surface area contributed by atoms with Crippen molar-refractivity contribution in [2.75, 3.05) is 26.0 Å². The summed E-state index contributed by atoms with van der Waals surface area (Å²) in [6, 6.07) is 6.92. The predicted molar refractivity (Wildman–Crippen MR) is 103 cm³/mol. The number of likely N-dealkylation sites (N-methyl/N-ethyl adjacent to an activating group) is 1. The quantitative estimate of drug-likeness (QED) is 0.725. The van der Waals surface area contributed by atoms with Crippen LogP contribution in [0.2, 0.25) is 5.02 Å². The number of nitrogens with one attached hydrogen (secondary N) is 1. The molecule has 0 spiro atoms. The largest absolute Gasteiger partial charge is 0.492 e. The van der Waals surface area contributed by atoms with E-state index in [0.717, 1.165) is 25.7 Å². The van der Waals surface area contributed by atoms with E-state index in [1.165, 1.54) is 4.90 Å². The molecule has 0 saturated heterocycles. The molecule has 1 aliphatic rings. The summed E-state index contributed by atoms with van der Waals surface area (Å²) in [5.74, 6) is 0.269. The molecule has 0 atom stereocenters. The SMILES string of the molecule is CC1CCC(NS(=O)(=O)CC(=O)N(C)CCOc2cccc(Cl)c2)CC1. The maximum absolute atomic E-state index is 12.2. The molecule has 0 bridgehead atoms. The van der Waals surface area contributed by atoms with Crippen molar-refractivity contribution in [2.24, 2.45) is 5.92 Å². The van der Waals surface area contributed by atoms with Crippen LogP contribution < -0.4 is 9.46 Å². The second-order valence-electron chi connectivity index (χ2n) is 6.95. The van der Waals surface area contributed by atoms with Crippen LogP contribution in [0, 0.1) is 5.92 Å². The molecule has 26 heavy (non-hydrogen) atoms. The van der Waals surface area contributed by atoms with Crippen LogP contribution in [-0.2, 0) is 14.8 Å². The normalized spacial score (nSPS) is 20.6. The lowest BCUT2D eigenvalue weighted by molar-refractivity contribution is -0.127. The molecule has 0 heterocycles. The topological polar surface area (TPSA) is 75.7 Å². The zero-order chi connectivity index (χ0) is 19.2. The van der Waals surface area contributed by atoms with Crippen molar-refractivity contribution < 1.29 is 17.9 Å². The molecule has 1 aromatic rings. The highest BCUT2D eigenvalue weighted by Crippen LogP contribution is 2.23. The van der Waals surface area contributed by atoms with Crippen LogP contribution in [0.15, 0.2) is 24.3 Å². The number of sulfonamides is 1. The van der Waals surface area contributed by atoms with Gasteiger partial charge in [-0.05, 0) is 49.8 Å². The second-order valence-corrected chi connectivity index (χ2v) is 9.15.